The summed E-state index contributed by atoms with van der Waals surface area (Å²) in [7, 11) is 0. The third-order valence-electron chi connectivity index (χ3n) is 2.98. The van der Waals surface area contributed by atoms with Gasteiger partial charge in [-0.05, 0) is 18.4 Å². The lowest BCUT2D eigenvalue weighted by atomic mass is 9.88. The lowest BCUT2D eigenvalue weighted by Gasteiger charge is -2.28. The Morgan fingerprint density at radius 1 is 1.47 bits per heavy atom. The second kappa shape index (κ2) is 6.35. The van der Waals surface area contributed by atoms with Crippen LogP contribution in [0.3, 0.4) is 0 Å². The first kappa shape index (κ1) is 15.2. The third kappa shape index (κ3) is 4.72. The number of nitrogens with one attached hydrogen (secondary N) is 1. The molecule has 0 saturated carbocycles. The zero-order valence-corrected chi connectivity index (χ0v) is 11.9. The van der Waals surface area contributed by atoms with Crippen molar-refractivity contribution in [2.45, 2.75) is 33.7 Å². The Balaban J connectivity index is 2.83. The molecule has 0 aliphatic rings. The summed E-state index contributed by atoms with van der Waals surface area (Å²) in [5, 5.41) is 2.97. The van der Waals surface area contributed by atoms with Gasteiger partial charge in [0.05, 0.1) is 12.1 Å². The number of rotatable bonds is 2. The van der Waals surface area contributed by atoms with Crippen LogP contribution < -0.4 is 11.1 Å². The number of pyridine rings is 1. The number of nitrogens with two attached hydrogens (primary N) is 1. The van der Waals surface area contributed by atoms with Gasteiger partial charge in [0.25, 0.3) is 5.91 Å². The van der Waals surface area contributed by atoms with Gasteiger partial charge in [-0.15, -0.1) is 0 Å². The average molecular weight is 259 g/mol. The van der Waals surface area contributed by atoms with Crippen LogP contribution in [0, 0.1) is 17.3 Å². The fourth-order valence-electron chi connectivity index (χ4n) is 1.28. The fraction of sp³-hybridized carbons (Fsp3) is 0.467. The number of carbonyl (C=O) groups excluding carboxylic acids is 1. The highest BCUT2D eigenvalue weighted by Crippen LogP contribution is 2.18. The minimum Gasteiger partial charge on any atom is -0.349 e. The predicted molar refractivity (Wildman–Crippen MR) is 76.6 cm³/mol. The van der Waals surface area contributed by atoms with Crippen molar-refractivity contribution in [2.75, 3.05) is 6.54 Å². The van der Waals surface area contributed by atoms with Gasteiger partial charge < -0.3 is 11.1 Å². The van der Waals surface area contributed by atoms with Crippen LogP contribution >= 0.6 is 0 Å². The van der Waals surface area contributed by atoms with Gasteiger partial charge in [0.1, 0.15) is 0 Å². The highest BCUT2D eigenvalue weighted by Gasteiger charge is 2.22. The Morgan fingerprint density at radius 2 is 2.16 bits per heavy atom. The molecule has 4 heteroatoms. The highest BCUT2D eigenvalue weighted by atomic mass is 16.1. The van der Waals surface area contributed by atoms with Gasteiger partial charge in [-0.25, -0.2) is 0 Å². The van der Waals surface area contributed by atoms with E-state index in [1.807, 2.05) is 6.92 Å². The van der Waals surface area contributed by atoms with Crippen molar-refractivity contribution >= 4 is 5.91 Å². The second-order valence-electron chi connectivity index (χ2n) is 5.53. The molecule has 1 amide bonds. The van der Waals surface area contributed by atoms with E-state index in [9.17, 15) is 4.79 Å². The predicted octanol–water partition coefficient (Wildman–Crippen LogP) is 1.56. The first-order valence-corrected chi connectivity index (χ1v) is 6.29. The quantitative estimate of drug-likeness (QED) is 0.792. The van der Waals surface area contributed by atoms with Gasteiger partial charge >= 0.3 is 0 Å². The zero-order valence-electron chi connectivity index (χ0n) is 11.9. The van der Waals surface area contributed by atoms with E-state index in [2.05, 4.69) is 42.9 Å². The molecule has 0 aliphatic carbocycles. The number of amides is 1. The molecule has 0 fully saturated rings. The van der Waals surface area contributed by atoms with Crippen molar-refractivity contribution in [1.29, 1.82) is 0 Å². The summed E-state index contributed by atoms with van der Waals surface area (Å²) in [5.74, 6) is 5.47. The summed E-state index contributed by atoms with van der Waals surface area (Å²) in [5.41, 5.74) is 6.54. The molecule has 0 aliphatic heterocycles. The van der Waals surface area contributed by atoms with E-state index >= 15 is 0 Å². The molecule has 0 radical (unpaired) electrons. The monoisotopic (exact) mass is 259 g/mol. The van der Waals surface area contributed by atoms with Crippen LogP contribution in [0.5, 0.6) is 0 Å². The number of nitrogens with zero attached hydrogens (tertiary/aromatic N) is 1. The van der Waals surface area contributed by atoms with Crippen molar-refractivity contribution in [3.63, 3.8) is 0 Å². The van der Waals surface area contributed by atoms with Gasteiger partial charge in [-0.2, -0.15) is 0 Å². The highest BCUT2D eigenvalue weighted by molar-refractivity contribution is 5.94. The number of hydrogen-bond acceptors (Lipinski definition) is 3. The summed E-state index contributed by atoms with van der Waals surface area (Å²) in [6.07, 6.45) is 3.16. The lowest BCUT2D eigenvalue weighted by molar-refractivity contribution is 0.0909. The lowest BCUT2D eigenvalue weighted by Crippen LogP contribution is -2.41. The first-order chi connectivity index (χ1) is 8.84. The van der Waals surface area contributed by atoms with Crippen molar-refractivity contribution in [3.05, 3.63) is 29.6 Å². The largest absolute Gasteiger partial charge is 0.349 e. The molecule has 3 N–H and O–H groups in total. The van der Waals surface area contributed by atoms with Gasteiger partial charge in [0, 0.05) is 24.0 Å². The number of carbonyl (C=O) groups is 1. The Bertz CT molecular complexity index is 506. The molecule has 19 heavy (non-hydrogen) atoms. The minimum atomic E-state index is -0.133. The molecule has 4 nitrogen and oxygen atoms in total. The smallest absolute Gasteiger partial charge is 0.253 e. The summed E-state index contributed by atoms with van der Waals surface area (Å²) >= 11 is 0. The second-order valence-corrected chi connectivity index (χ2v) is 5.53. The number of hydrogen-bond donors (Lipinski definition) is 2. The van der Waals surface area contributed by atoms with Crippen molar-refractivity contribution in [2.24, 2.45) is 11.1 Å². The van der Waals surface area contributed by atoms with Crippen molar-refractivity contribution < 1.29 is 4.79 Å². The normalized spacial score (nSPS) is 12.3. The summed E-state index contributed by atoms with van der Waals surface area (Å²) in [4.78, 5) is 16.1. The molecule has 0 saturated heterocycles. The summed E-state index contributed by atoms with van der Waals surface area (Å²) in [6, 6.07) is 1.79. The molecule has 0 spiro atoms. The molecule has 1 atom stereocenters. The van der Waals surface area contributed by atoms with Crippen molar-refractivity contribution in [3.8, 4) is 11.8 Å². The van der Waals surface area contributed by atoms with E-state index in [0.717, 1.165) is 0 Å². The SMILES string of the molecule is CC(NC(=O)c1cncc(C#CCN)c1)C(C)(C)C. The van der Waals surface area contributed by atoms with Crippen molar-refractivity contribution in [1.82, 2.24) is 10.3 Å². The van der Waals surface area contributed by atoms with Gasteiger partial charge in [0.15, 0.2) is 0 Å². The summed E-state index contributed by atoms with van der Waals surface area (Å²) in [6.45, 7) is 8.53. The van der Waals surface area contributed by atoms with Crippen LogP contribution in [0.15, 0.2) is 18.5 Å². The molecule has 0 aromatic carbocycles. The van der Waals surface area contributed by atoms with Crippen LogP contribution in [0.2, 0.25) is 0 Å². The maximum Gasteiger partial charge on any atom is 0.253 e. The van der Waals surface area contributed by atoms with Crippen LogP contribution in [-0.2, 0) is 0 Å². The van der Waals surface area contributed by atoms with E-state index < -0.39 is 0 Å². The maximum absolute atomic E-state index is 12.1. The van der Waals surface area contributed by atoms with E-state index in [4.69, 9.17) is 5.73 Å². The third-order valence-corrected chi connectivity index (χ3v) is 2.98. The molecule has 1 heterocycles. The van der Waals surface area contributed by atoms with Gasteiger partial charge in [-0.3, -0.25) is 9.78 Å². The molecule has 1 aromatic heterocycles. The average Bonchev–Trinajstić information content (AvgIpc) is 2.35. The fourth-order valence-corrected chi connectivity index (χ4v) is 1.28. The van der Waals surface area contributed by atoms with Crippen LogP contribution in [0.4, 0.5) is 0 Å². The van der Waals surface area contributed by atoms with Crippen LogP contribution in [0.1, 0.15) is 43.6 Å². The van der Waals surface area contributed by atoms with E-state index in [0.29, 0.717) is 11.1 Å². The molecule has 0 bridgehead atoms. The van der Waals surface area contributed by atoms with Gasteiger partial charge in [0.2, 0.25) is 0 Å². The minimum absolute atomic E-state index is 0.0139. The van der Waals surface area contributed by atoms with Gasteiger partial charge in [-0.1, -0.05) is 32.6 Å². The Hall–Kier alpha value is -1.86. The Labute approximate surface area is 114 Å². The molecule has 1 unspecified atom stereocenters. The van der Waals surface area contributed by atoms with E-state index in [-0.39, 0.29) is 23.9 Å². The molecular weight excluding hydrogens is 238 g/mol. The van der Waals surface area contributed by atoms with E-state index in [1.54, 1.807) is 18.5 Å². The number of aromatic nitrogens is 1. The molecular formula is C15H21N3O. The zero-order chi connectivity index (χ0) is 14.5. The molecule has 102 valence electrons. The Morgan fingerprint density at radius 3 is 2.74 bits per heavy atom. The maximum atomic E-state index is 12.1. The Kier molecular flexibility index (Phi) is 5.08. The topological polar surface area (TPSA) is 68.0 Å². The van der Waals surface area contributed by atoms with Crippen LogP contribution in [-0.4, -0.2) is 23.5 Å². The molecule has 1 rings (SSSR count). The standard InChI is InChI=1S/C15H21N3O/c1-11(15(2,3)4)18-14(19)13-8-12(6-5-7-16)9-17-10-13/h8-11H,7,16H2,1-4H3,(H,18,19). The first-order valence-electron chi connectivity index (χ1n) is 6.29. The van der Waals surface area contributed by atoms with Crippen LogP contribution in [0.25, 0.3) is 0 Å². The van der Waals surface area contributed by atoms with E-state index in [1.165, 1.54) is 0 Å². The molecule has 1 aromatic rings. The summed E-state index contributed by atoms with van der Waals surface area (Å²) < 4.78 is 0.